The third-order valence-corrected chi connectivity index (χ3v) is 4.76. The Morgan fingerprint density at radius 3 is 2.39 bits per heavy atom. The van der Waals surface area contributed by atoms with Crippen LogP contribution in [0.5, 0.6) is 0 Å². The van der Waals surface area contributed by atoms with Gasteiger partial charge in [-0.25, -0.2) is 0 Å². The second-order valence-electron chi connectivity index (χ2n) is 6.19. The zero-order chi connectivity index (χ0) is 12.5. The number of likely N-dealkylation sites (tertiary alicyclic amines) is 1. The van der Waals surface area contributed by atoms with Crippen LogP contribution >= 0.6 is 0 Å². The number of fused-ring (bicyclic) bond motifs is 1. The lowest BCUT2D eigenvalue weighted by molar-refractivity contribution is 0.292. The molecular weight excluding hydrogens is 220 g/mol. The second kappa shape index (κ2) is 5.02. The fourth-order valence-electron chi connectivity index (χ4n) is 3.68. The Balaban J connectivity index is 1.58. The van der Waals surface area contributed by atoms with E-state index in [9.17, 15) is 0 Å². The molecule has 2 nitrogen and oxygen atoms in total. The van der Waals surface area contributed by atoms with Gasteiger partial charge in [0.15, 0.2) is 0 Å². The van der Waals surface area contributed by atoms with Crippen LogP contribution in [0.4, 0.5) is 0 Å². The van der Waals surface area contributed by atoms with Crippen LogP contribution in [-0.4, -0.2) is 24.5 Å². The molecule has 18 heavy (non-hydrogen) atoms. The molecule has 0 bridgehead atoms. The second-order valence-corrected chi connectivity index (χ2v) is 6.19. The van der Waals surface area contributed by atoms with Crippen molar-refractivity contribution in [1.82, 2.24) is 4.90 Å². The standard InChI is InChI=1S/C16H24N2/c1-12-5-7-13(8-6-12)16(17)11-18-9-14-3-2-4-15(14)10-18/h5-8,14-16H,2-4,9-11,17H2,1H3. The van der Waals surface area contributed by atoms with Crippen molar-refractivity contribution in [3.8, 4) is 0 Å². The number of aryl methyl sites for hydroxylation is 1. The molecule has 1 aliphatic heterocycles. The minimum Gasteiger partial charge on any atom is -0.323 e. The quantitative estimate of drug-likeness (QED) is 0.886. The fraction of sp³-hybridized carbons (Fsp3) is 0.625. The molecule has 1 aromatic carbocycles. The molecule has 2 aliphatic rings. The van der Waals surface area contributed by atoms with Crippen LogP contribution in [0.2, 0.25) is 0 Å². The monoisotopic (exact) mass is 244 g/mol. The van der Waals surface area contributed by atoms with Gasteiger partial charge < -0.3 is 10.6 Å². The van der Waals surface area contributed by atoms with Gasteiger partial charge in [0, 0.05) is 25.7 Å². The molecule has 98 valence electrons. The molecule has 3 rings (SSSR count). The van der Waals surface area contributed by atoms with Crippen molar-refractivity contribution >= 4 is 0 Å². The van der Waals surface area contributed by atoms with Gasteiger partial charge in [0.2, 0.25) is 0 Å². The van der Waals surface area contributed by atoms with Gasteiger partial charge in [-0.2, -0.15) is 0 Å². The molecule has 0 amide bonds. The third-order valence-electron chi connectivity index (χ3n) is 4.76. The summed E-state index contributed by atoms with van der Waals surface area (Å²) < 4.78 is 0. The smallest absolute Gasteiger partial charge is 0.0424 e. The van der Waals surface area contributed by atoms with Crippen LogP contribution in [0.1, 0.15) is 36.4 Å². The van der Waals surface area contributed by atoms with Gasteiger partial charge in [-0.05, 0) is 37.2 Å². The molecule has 0 aromatic heterocycles. The van der Waals surface area contributed by atoms with Crippen molar-refractivity contribution < 1.29 is 0 Å². The first-order chi connectivity index (χ1) is 8.72. The van der Waals surface area contributed by atoms with E-state index in [0.717, 1.165) is 18.4 Å². The predicted molar refractivity (Wildman–Crippen MR) is 75.4 cm³/mol. The molecule has 1 saturated carbocycles. The molecule has 2 fully saturated rings. The Labute approximate surface area is 110 Å². The lowest BCUT2D eigenvalue weighted by Gasteiger charge is -2.21. The minimum atomic E-state index is 0.171. The van der Waals surface area contributed by atoms with E-state index in [1.54, 1.807) is 0 Å². The maximum atomic E-state index is 6.33. The summed E-state index contributed by atoms with van der Waals surface area (Å²) in [6.07, 6.45) is 4.34. The largest absolute Gasteiger partial charge is 0.323 e. The van der Waals surface area contributed by atoms with Gasteiger partial charge in [-0.1, -0.05) is 36.2 Å². The van der Waals surface area contributed by atoms with E-state index >= 15 is 0 Å². The van der Waals surface area contributed by atoms with E-state index in [4.69, 9.17) is 5.73 Å². The molecule has 2 heteroatoms. The number of nitrogens with zero attached hydrogens (tertiary/aromatic N) is 1. The number of rotatable bonds is 3. The summed E-state index contributed by atoms with van der Waals surface area (Å²) in [5.41, 5.74) is 8.92. The topological polar surface area (TPSA) is 29.3 Å². The van der Waals surface area contributed by atoms with Gasteiger partial charge in [0.05, 0.1) is 0 Å². The van der Waals surface area contributed by atoms with Crippen LogP contribution in [-0.2, 0) is 0 Å². The highest BCUT2D eigenvalue weighted by Crippen LogP contribution is 2.38. The van der Waals surface area contributed by atoms with Crippen molar-refractivity contribution in [1.29, 1.82) is 0 Å². The van der Waals surface area contributed by atoms with Crippen molar-refractivity contribution in [3.63, 3.8) is 0 Å². The van der Waals surface area contributed by atoms with E-state index < -0.39 is 0 Å². The van der Waals surface area contributed by atoms with Crippen molar-refractivity contribution in [3.05, 3.63) is 35.4 Å². The third kappa shape index (κ3) is 2.45. The van der Waals surface area contributed by atoms with Crippen molar-refractivity contribution in [2.45, 2.75) is 32.2 Å². The summed E-state index contributed by atoms with van der Waals surface area (Å²) in [4.78, 5) is 2.58. The van der Waals surface area contributed by atoms with E-state index in [0.29, 0.717) is 0 Å². The Morgan fingerprint density at radius 2 is 1.78 bits per heavy atom. The zero-order valence-electron chi connectivity index (χ0n) is 11.3. The summed E-state index contributed by atoms with van der Waals surface area (Å²) >= 11 is 0. The molecule has 0 spiro atoms. The number of hydrogen-bond donors (Lipinski definition) is 1. The van der Waals surface area contributed by atoms with E-state index in [-0.39, 0.29) is 6.04 Å². The van der Waals surface area contributed by atoms with E-state index in [1.165, 1.54) is 43.5 Å². The summed E-state index contributed by atoms with van der Waals surface area (Å²) in [6.45, 7) is 5.71. The van der Waals surface area contributed by atoms with Gasteiger partial charge >= 0.3 is 0 Å². The van der Waals surface area contributed by atoms with Gasteiger partial charge in [0.1, 0.15) is 0 Å². The Morgan fingerprint density at radius 1 is 1.17 bits per heavy atom. The molecule has 3 unspecified atom stereocenters. The average Bonchev–Trinajstić information content (AvgIpc) is 2.90. The van der Waals surface area contributed by atoms with E-state index in [1.807, 2.05) is 0 Å². The zero-order valence-corrected chi connectivity index (χ0v) is 11.3. The SMILES string of the molecule is Cc1ccc(C(N)CN2CC3CCCC3C2)cc1. The lowest BCUT2D eigenvalue weighted by Crippen LogP contribution is -2.31. The van der Waals surface area contributed by atoms with Crippen molar-refractivity contribution in [2.75, 3.05) is 19.6 Å². The molecule has 0 radical (unpaired) electrons. The van der Waals surface area contributed by atoms with Crippen molar-refractivity contribution in [2.24, 2.45) is 17.6 Å². The maximum absolute atomic E-state index is 6.33. The van der Waals surface area contributed by atoms with Crippen LogP contribution < -0.4 is 5.73 Å². The first-order valence-corrected chi connectivity index (χ1v) is 7.27. The van der Waals surface area contributed by atoms with Crippen LogP contribution in [0.3, 0.4) is 0 Å². The molecule has 3 atom stereocenters. The van der Waals surface area contributed by atoms with Crippen LogP contribution in [0.15, 0.2) is 24.3 Å². The summed E-state index contributed by atoms with van der Waals surface area (Å²) in [5, 5.41) is 0. The molecular formula is C16H24N2. The number of nitrogens with two attached hydrogens (primary N) is 1. The van der Waals surface area contributed by atoms with Crippen LogP contribution in [0, 0.1) is 18.8 Å². The number of hydrogen-bond acceptors (Lipinski definition) is 2. The first kappa shape index (κ1) is 12.2. The molecule has 1 heterocycles. The lowest BCUT2D eigenvalue weighted by atomic mass is 10.0. The minimum absolute atomic E-state index is 0.171. The highest BCUT2D eigenvalue weighted by Gasteiger charge is 2.36. The first-order valence-electron chi connectivity index (χ1n) is 7.27. The highest BCUT2D eigenvalue weighted by molar-refractivity contribution is 5.24. The Kier molecular flexibility index (Phi) is 3.40. The average molecular weight is 244 g/mol. The fourth-order valence-corrected chi connectivity index (χ4v) is 3.68. The Bertz CT molecular complexity index is 386. The van der Waals surface area contributed by atoms with Gasteiger partial charge in [-0.3, -0.25) is 0 Å². The van der Waals surface area contributed by atoms with Gasteiger partial charge in [0.25, 0.3) is 0 Å². The molecule has 1 aliphatic carbocycles. The Hall–Kier alpha value is -0.860. The predicted octanol–water partition coefficient (Wildman–Crippen LogP) is 2.73. The molecule has 1 saturated heterocycles. The summed E-state index contributed by atoms with van der Waals surface area (Å²) in [5.74, 6) is 1.94. The summed E-state index contributed by atoms with van der Waals surface area (Å²) in [6, 6.07) is 8.85. The molecule has 2 N–H and O–H groups in total. The summed E-state index contributed by atoms with van der Waals surface area (Å²) in [7, 11) is 0. The normalized spacial score (nSPS) is 29.4. The highest BCUT2D eigenvalue weighted by atomic mass is 15.2. The molecule has 1 aromatic rings. The van der Waals surface area contributed by atoms with Crippen LogP contribution in [0.25, 0.3) is 0 Å². The maximum Gasteiger partial charge on any atom is 0.0424 e. The van der Waals surface area contributed by atoms with Gasteiger partial charge in [-0.15, -0.1) is 0 Å². The number of benzene rings is 1. The van der Waals surface area contributed by atoms with E-state index in [2.05, 4.69) is 36.1 Å².